The number of anilines is 1. The first kappa shape index (κ1) is 22.1. The van der Waals surface area contributed by atoms with Crippen molar-refractivity contribution in [2.24, 2.45) is 0 Å². The molecule has 5 rings (SSSR count). The number of nitrogens with zero attached hydrogens (tertiary/aromatic N) is 2. The summed E-state index contributed by atoms with van der Waals surface area (Å²) in [6, 6.07) is 18.4. The lowest BCUT2D eigenvalue weighted by molar-refractivity contribution is -0.148. The Balaban J connectivity index is 1.38. The number of aliphatic carboxylic acids is 1. The number of carboxylic acids is 1. The topological polar surface area (TPSA) is 112 Å². The fourth-order valence-electron chi connectivity index (χ4n) is 4.01. The van der Waals surface area contributed by atoms with Crippen molar-refractivity contribution in [2.75, 3.05) is 5.32 Å². The van der Waals surface area contributed by atoms with Crippen LogP contribution in [0, 0.1) is 5.82 Å². The van der Waals surface area contributed by atoms with Crippen molar-refractivity contribution in [1.29, 1.82) is 0 Å². The number of carboxylic acid groups (broad SMARTS) is 1. The minimum Gasteiger partial charge on any atom is -0.479 e. The summed E-state index contributed by atoms with van der Waals surface area (Å²) in [5.74, 6) is -2.81. The van der Waals surface area contributed by atoms with Crippen LogP contribution in [0.25, 0.3) is 20.9 Å². The van der Waals surface area contributed by atoms with E-state index in [1.165, 1.54) is 29.0 Å². The lowest BCUT2D eigenvalue weighted by atomic mass is 9.92. The molecule has 3 N–H and O–H groups in total. The van der Waals surface area contributed by atoms with E-state index in [1.807, 2.05) is 30.3 Å². The van der Waals surface area contributed by atoms with Gasteiger partial charge in [-0.15, -0.1) is 0 Å². The van der Waals surface area contributed by atoms with Crippen LogP contribution in [-0.4, -0.2) is 38.2 Å². The van der Waals surface area contributed by atoms with E-state index in [9.17, 15) is 19.1 Å². The molecule has 0 spiro atoms. The zero-order chi connectivity index (χ0) is 23.9. The number of rotatable bonds is 7. The third-order valence-electron chi connectivity index (χ3n) is 5.97. The van der Waals surface area contributed by atoms with E-state index in [-0.39, 0.29) is 16.7 Å². The lowest BCUT2D eigenvalue weighted by Crippen LogP contribution is -2.26. The molecule has 9 heteroatoms. The van der Waals surface area contributed by atoms with Crippen LogP contribution in [0.3, 0.4) is 0 Å². The van der Waals surface area contributed by atoms with Crippen LogP contribution in [0.4, 0.5) is 10.1 Å². The molecule has 1 aliphatic carbocycles. The van der Waals surface area contributed by atoms with Gasteiger partial charge in [0.1, 0.15) is 21.2 Å². The lowest BCUT2D eigenvalue weighted by Gasteiger charge is -2.14. The van der Waals surface area contributed by atoms with E-state index in [0.717, 1.165) is 29.4 Å². The first-order chi connectivity index (χ1) is 16.4. The van der Waals surface area contributed by atoms with Gasteiger partial charge in [-0.05, 0) is 48.7 Å². The summed E-state index contributed by atoms with van der Waals surface area (Å²) < 4.78 is 14.9. The summed E-state index contributed by atoms with van der Waals surface area (Å²) in [4.78, 5) is 32.7. The Hall–Kier alpha value is -3.69. The second-order valence-electron chi connectivity index (χ2n) is 8.29. The Bertz CT molecular complexity index is 1400. The van der Waals surface area contributed by atoms with E-state index in [1.54, 1.807) is 0 Å². The molecular weight excluding hydrogens is 457 g/mol. The molecule has 2 aromatic carbocycles. The van der Waals surface area contributed by atoms with Gasteiger partial charge in [0.25, 0.3) is 0 Å². The number of aliphatic hydroxyl groups excluding tert-OH is 1. The van der Waals surface area contributed by atoms with Crippen LogP contribution in [0.1, 0.15) is 30.5 Å². The largest absolute Gasteiger partial charge is 0.479 e. The van der Waals surface area contributed by atoms with Crippen LogP contribution in [0.15, 0.2) is 60.7 Å². The Labute approximate surface area is 197 Å². The van der Waals surface area contributed by atoms with Crippen LogP contribution < -0.4 is 5.32 Å². The number of amides is 1. The van der Waals surface area contributed by atoms with Crippen molar-refractivity contribution in [3.05, 3.63) is 77.7 Å². The zero-order valence-electron chi connectivity index (χ0n) is 17.9. The molecule has 2 aromatic heterocycles. The quantitative estimate of drug-likeness (QED) is 0.365. The van der Waals surface area contributed by atoms with Crippen molar-refractivity contribution in [3.63, 3.8) is 0 Å². The maximum atomic E-state index is 14.9. The molecule has 0 radical (unpaired) electrons. The monoisotopic (exact) mass is 477 g/mol. The molecule has 0 unspecified atom stereocenters. The van der Waals surface area contributed by atoms with Gasteiger partial charge < -0.3 is 15.5 Å². The molecular formula is C25H20FN3O4S. The molecule has 0 aliphatic heterocycles. The SMILES string of the molecule is O=C(C[C@H](O)C(=O)O)Nc1ccc(-c2nc3ccc(C4(c5ccccc5)CC4)nc3s2)c(F)c1. The van der Waals surface area contributed by atoms with Gasteiger partial charge in [0.2, 0.25) is 5.91 Å². The van der Waals surface area contributed by atoms with E-state index < -0.39 is 30.2 Å². The van der Waals surface area contributed by atoms with Crippen molar-refractivity contribution in [1.82, 2.24) is 9.97 Å². The molecule has 7 nitrogen and oxygen atoms in total. The van der Waals surface area contributed by atoms with E-state index >= 15 is 0 Å². The summed E-state index contributed by atoms with van der Waals surface area (Å²) >= 11 is 1.30. The molecule has 1 saturated carbocycles. The Kier molecular flexibility index (Phi) is 5.59. The van der Waals surface area contributed by atoms with Gasteiger partial charge in [-0.3, -0.25) is 4.79 Å². The van der Waals surface area contributed by atoms with Crippen LogP contribution >= 0.6 is 11.3 Å². The number of carbonyl (C=O) groups is 2. The molecule has 0 bridgehead atoms. The third-order valence-corrected chi connectivity index (χ3v) is 6.97. The zero-order valence-corrected chi connectivity index (χ0v) is 18.7. The van der Waals surface area contributed by atoms with Gasteiger partial charge in [0.15, 0.2) is 6.10 Å². The van der Waals surface area contributed by atoms with Gasteiger partial charge in [-0.2, -0.15) is 0 Å². The molecule has 1 atom stereocenters. The molecule has 1 aliphatic rings. The Morgan fingerprint density at radius 1 is 1.09 bits per heavy atom. The number of aliphatic hydroxyl groups is 1. The average molecular weight is 478 g/mol. The second-order valence-corrected chi connectivity index (χ2v) is 9.27. The highest BCUT2D eigenvalue weighted by molar-refractivity contribution is 7.21. The third kappa shape index (κ3) is 4.15. The first-order valence-corrected chi connectivity index (χ1v) is 11.5. The van der Waals surface area contributed by atoms with Gasteiger partial charge in [-0.25, -0.2) is 19.2 Å². The van der Waals surface area contributed by atoms with Crippen molar-refractivity contribution in [2.45, 2.75) is 30.8 Å². The van der Waals surface area contributed by atoms with Crippen molar-refractivity contribution >= 4 is 39.2 Å². The highest BCUT2D eigenvalue weighted by Gasteiger charge is 2.47. The molecule has 172 valence electrons. The predicted molar refractivity (Wildman–Crippen MR) is 126 cm³/mol. The van der Waals surface area contributed by atoms with Crippen LogP contribution in [0.2, 0.25) is 0 Å². The number of thiazole rings is 1. The Morgan fingerprint density at radius 2 is 1.85 bits per heavy atom. The number of nitrogens with one attached hydrogen (secondary N) is 1. The maximum absolute atomic E-state index is 14.9. The molecule has 0 saturated heterocycles. The van der Waals surface area contributed by atoms with Crippen LogP contribution in [-0.2, 0) is 15.0 Å². The maximum Gasteiger partial charge on any atom is 0.333 e. The molecule has 34 heavy (non-hydrogen) atoms. The number of aromatic nitrogens is 2. The standard InChI is InChI=1S/C25H20FN3O4S/c26-17-12-15(27-21(31)13-19(30)24(32)33)6-7-16(17)22-28-18-8-9-20(29-23(18)34-22)25(10-11-25)14-4-2-1-3-5-14/h1-9,12,19,30H,10-11,13H2,(H,27,31)(H,32,33)/t19-/m0/s1. The van der Waals surface area contributed by atoms with Gasteiger partial charge in [-0.1, -0.05) is 41.7 Å². The number of carbonyl (C=O) groups excluding carboxylic acids is 1. The highest BCUT2D eigenvalue weighted by atomic mass is 32.1. The van der Waals surface area contributed by atoms with Crippen molar-refractivity contribution in [3.8, 4) is 10.6 Å². The van der Waals surface area contributed by atoms with E-state index in [0.29, 0.717) is 10.5 Å². The number of benzene rings is 2. The minimum atomic E-state index is -1.82. The number of hydrogen-bond acceptors (Lipinski definition) is 6. The summed E-state index contributed by atoms with van der Waals surface area (Å²) in [5.41, 5.74) is 3.28. The number of hydrogen-bond donors (Lipinski definition) is 3. The normalized spacial score (nSPS) is 15.1. The van der Waals surface area contributed by atoms with Gasteiger partial charge >= 0.3 is 5.97 Å². The minimum absolute atomic E-state index is 0.0705. The summed E-state index contributed by atoms with van der Waals surface area (Å²) in [6.07, 6.45) is -0.380. The number of halogens is 1. The Morgan fingerprint density at radius 3 is 2.53 bits per heavy atom. The second kappa shape index (κ2) is 8.58. The summed E-state index contributed by atoms with van der Waals surface area (Å²) in [7, 11) is 0. The van der Waals surface area contributed by atoms with E-state index in [4.69, 9.17) is 10.1 Å². The molecule has 1 amide bonds. The predicted octanol–water partition coefficient (Wildman–Crippen LogP) is 4.35. The smallest absolute Gasteiger partial charge is 0.333 e. The van der Waals surface area contributed by atoms with Gasteiger partial charge in [0, 0.05) is 16.7 Å². The van der Waals surface area contributed by atoms with E-state index in [2.05, 4.69) is 22.4 Å². The van der Waals surface area contributed by atoms with Crippen molar-refractivity contribution < 1.29 is 24.2 Å². The summed E-state index contributed by atoms with van der Waals surface area (Å²) in [5, 5.41) is 20.8. The number of fused-ring (bicyclic) bond motifs is 1. The molecule has 2 heterocycles. The van der Waals surface area contributed by atoms with Gasteiger partial charge in [0.05, 0.1) is 12.1 Å². The average Bonchev–Trinajstić information content (AvgIpc) is 3.52. The number of pyridine rings is 1. The molecule has 1 fully saturated rings. The molecule has 4 aromatic rings. The fourth-order valence-corrected chi connectivity index (χ4v) is 4.98. The highest BCUT2D eigenvalue weighted by Crippen LogP contribution is 2.53. The summed E-state index contributed by atoms with van der Waals surface area (Å²) in [6.45, 7) is 0. The first-order valence-electron chi connectivity index (χ1n) is 10.7. The van der Waals surface area contributed by atoms with Crippen LogP contribution in [0.5, 0.6) is 0 Å². The fraction of sp³-hybridized carbons (Fsp3) is 0.200.